The van der Waals surface area contributed by atoms with E-state index >= 15 is 0 Å². The predicted octanol–water partition coefficient (Wildman–Crippen LogP) is 4.15. The van der Waals surface area contributed by atoms with E-state index in [1.54, 1.807) is 0 Å². The van der Waals surface area contributed by atoms with Gasteiger partial charge in [0, 0.05) is 37.3 Å². The molecule has 1 saturated carbocycles. The lowest BCUT2D eigenvalue weighted by Gasteiger charge is -2.26. The van der Waals surface area contributed by atoms with E-state index in [0.29, 0.717) is 12.5 Å². The summed E-state index contributed by atoms with van der Waals surface area (Å²) in [5.41, 5.74) is 3.50. The summed E-state index contributed by atoms with van der Waals surface area (Å²) < 4.78 is 0. The van der Waals surface area contributed by atoms with Gasteiger partial charge in [0.1, 0.15) is 0 Å². The second-order valence-corrected chi connectivity index (χ2v) is 6.80. The molecule has 1 aliphatic rings. The van der Waals surface area contributed by atoms with Crippen molar-refractivity contribution in [2.45, 2.75) is 45.6 Å². The summed E-state index contributed by atoms with van der Waals surface area (Å²) in [6.45, 7) is 3.52. The average Bonchev–Trinajstić information content (AvgIpc) is 3.15. The number of benzene rings is 1. The van der Waals surface area contributed by atoms with Crippen molar-refractivity contribution in [2.24, 2.45) is 5.92 Å². The van der Waals surface area contributed by atoms with Crippen molar-refractivity contribution < 1.29 is 4.79 Å². The number of amides is 1. The summed E-state index contributed by atoms with van der Waals surface area (Å²) in [6.07, 6.45) is 7.10. The van der Waals surface area contributed by atoms with Crippen LogP contribution < -0.4 is 0 Å². The first kappa shape index (κ1) is 16.7. The molecule has 0 saturated heterocycles. The first-order chi connectivity index (χ1) is 11.7. The van der Waals surface area contributed by atoms with E-state index in [9.17, 15) is 4.79 Å². The van der Waals surface area contributed by atoms with Crippen molar-refractivity contribution in [1.82, 2.24) is 9.88 Å². The Hall–Kier alpha value is -2.16. The molecule has 0 atom stereocenters. The Morgan fingerprint density at radius 2 is 1.88 bits per heavy atom. The molecule has 3 heteroatoms. The van der Waals surface area contributed by atoms with Crippen LogP contribution in [0, 0.1) is 12.8 Å². The summed E-state index contributed by atoms with van der Waals surface area (Å²) in [7, 11) is 0. The third kappa shape index (κ3) is 4.44. The molecule has 1 aromatic heterocycles. The standard InChI is InChI=1S/C21H26N2O/c1-17-9-11-18(12-10-17)16-23(21(24)19-6-2-3-7-19)15-13-20-8-4-5-14-22-20/h4-5,8-12,14,19H,2-3,6-7,13,15-16H2,1H3. The molecule has 0 bridgehead atoms. The van der Waals surface area contributed by atoms with Gasteiger partial charge in [-0.25, -0.2) is 0 Å². The fourth-order valence-corrected chi connectivity index (χ4v) is 3.41. The van der Waals surface area contributed by atoms with E-state index in [4.69, 9.17) is 0 Å². The Balaban J connectivity index is 1.69. The molecule has 1 heterocycles. The zero-order valence-corrected chi connectivity index (χ0v) is 14.4. The molecule has 126 valence electrons. The van der Waals surface area contributed by atoms with Crippen LogP contribution >= 0.6 is 0 Å². The fourth-order valence-electron chi connectivity index (χ4n) is 3.41. The molecule has 24 heavy (non-hydrogen) atoms. The van der Waals surface area contributed by atoms with E-state index < -0.39 is 0 Å². The second kappa shape index (κ2) is 8.09. The van der Waals surface area contributed by atoms with Gasteiger partial charge in [0.05, 0.1) is 0 Å². The predicted molar refractivity (Wildman–Crippen MR) is 96.5 cm³/mol. The van der Waals surface area contributed by atoms with E-state index in [-0.39, 0.29) is 5.92 Å². The van der Waals surface area contributed by atoms with Gasteiger partial charge in [-0.2, -0.15) is 0 Å². The van der Waals surface area contributed by atoms with E-state index in [1.165, 1.54) is 24.0 Å². The third-order valence-electron chi connectivity index (χ3n) is 4.87. The highest BCUT2D eigenvalue weighted by Gasteiger charge is 2.27. The topological polar surface area (TPSA) is 33.2 Å². The number of hydrogen-bond acceptors (Lipinski definition) is 2. The van der Waals surface area contributed by atoms with Gasteiger partial charge in [0.25, 0.3) is 0 Å². The molecule has 3 nitrogen and oxygen atoms in total. The van der Waals surface area contributed by atoms with Crippen molar-refractivity contribution in [3.05, 3.63) is 65.5 Å². The zero-order chi connectivity index (χ0) is 16.8. The highest BCUT2D eigenvalue weighted by Crippen LogP contribution is 2.27. The largest absolute Gasteiger partial charge is 0.338 e. The van der Waals surface area contributed by atoms with Crippen LogP contribution in [0.4, 0.5) is 0 Å². The first-order valence-corrected chi connectivity index (χ1v) is 8.96. The monoisotopic (exact) mass is 322 g/mol. The SMILES string of the molecule is Cc1ccc(CN(CCc2ccccn2)C(=O)C2CCCC2)cc1. The summed E-state index contributed by atoms with van der Waals surface area (Å²) >= 11 is 0. The van der Waals surface area contributed by atoms with Gasteiger partial charge in [-0.15, -0.1) is 0 Å². The van der Waals surface area contributed by atoms with Crippen LogP contribution in [0.15, 0.2) is 48.7 Å². The van der Waals surface area contributed by atoms with Gasteiger partial charge in [-0.1, -0.05) is 48.7 Å². The summed E-state index contributed by atoms with van der Waals surface area (Å²) in [6, 6.07) is 14.5. The molecule has 1 fully saturated rings. The van der Waals surface area contributed by atoms with Gasteiger partial charge in [-0.05, 0) is 37.5 Å². The maximum atomic E-state index is 12.9. The van der Waals surface area contributed by atoms with Gasteiger partial charge in [-0.3, -0.25) is 9.78 Å². The lowest BCUT2D eigenvalue weighted by atomic mass is 10.1. The van der Waals surface area contributed by atoms with E-state index in [2.05, 4.69) is 36.2 Å². The molecule has 0 radical (unpaired) electrons. The van der Waals surface area contributed by atoms with Crippen molar-refractivity contribution in [2.75, 3.05) is 6.54 Å². The normalized spacial score (nSPS) is 14.7. The lowest BCUT2D eigenvalue weighted by Crippen LogP contribution is -2.36. The molecule has 1 amide bonds. The molecule has 0 spiro atoms. The number of hydrogen-bond donors (Lipinski definition) is 0. The van der Waals surface area contributed by atoms with Crippen LogP contribution in [-0.4, -0.2) is 22.3 Å². The van der Waals surface area contributed by atoms with Crippen LogP contribution in [-0.2, 0) is 17.8 Å². The summed E-state index contributed by atoms with van der Waals surface area (Å²) in [5.74, 6) is 0.545. The fraction of sp³-hybridized carbons (Fsp3) is 0.429. The van der Waals surface area contributed by atoms with Gasteiger partial charge in [0.15, 0.2) is 0 Å². The Kier molecular flexibility index (Phi) is 5.63. The number of rotatable bonds is 6. The maximum Gasteiger partial charge on any atom is 0.225 e. The molecule has 0 aliphatic heterocycles. The first-order valence-electron chi connectivity index (χ1n) is 8.96. The Labute approximate surface area is 144 Å². The molecule has 0 unspecified atom stereocenters. The van der Waals surface area contributed by atoms with Gasteiger partial charge in [0.2, 0.25) is 5.91 Å². The van der Waals surface area contributed by atoms with Crippen LogP contribution in [0.25, 0.3) is 0 Å². The minimum absolute atomic E-state index is 0.221. The van der Waals surface area contributed by atoms with Gasteiger partial charge < -0.3 is 4.90 Å². The molecule has 2 aromatic rings. The van der Waals surface area contributed by atoms with Crippen molar-refractivity contribution in [1.29, 1.82) is 0 Å². The summed E-state index contributed by atoms with van der Waals surface area (Å²) in [5, 5.41) is 0. The van der Waals surface area contributed by atoms with Crippen LogP contribution in [0.2, 0.25) is 0 Å². The maximum absolute atomic E-state index is 12.9. The number of nitrogens with zero attached hydrogens (tertiary/aromatic N) is 2. The van der Waals surface area contributed by atoms with Gasteiger partial charge >= 0.3 is 0 Å². The minimum Gasteiger partial charge on any atom is -0.338 e. The molecule has 3 rings (SSSR count). The third-order valence-corrected chi connectivity index (χ3v) is 4.87. The molecule has 1 aromatic carbocycles. The molecule has 0 N–H and O–H groups in total. The number of pyridine rings is 1. The van der Waals surface area contributed by atoms with Crippen molar-refractivity contribution in [3.8, 4) is 0 Å². The summed E-state index contributed by atoms with van der Waals surface area (Å²) in [4.78, 5) is 19.4. The van der Waals surface area contributed by atoms with Crippen molar-refractivity contribution in [3.63, 3.8) is 0 Å². The second-order valence-electron chi connectivity index (χ2n) is 6.80. The van der Waals surface area contributed by atoms with Crippen molar-refractivity contribution >= 4 is 5.91 Å². The Morgan fingerprint density at radius 1 is 1.12 bits per heavy atom. The highest BCUT2D eigenvalue weighted by atomic mass is 16.2. The van der Waals surface area contributed by atoms with Crippen LogP contribution in [0.1, 0.15) is 42.5 Å². The molecular formula is C21H26N2O. The Bertz CT molecular complexity index is 645. The van der Waals surface area contributed by atoms with Crippen LogP contribution in [0.3, 0.4) is 0 Å². The zero-order valence-electron chi connectivity index (χ0n) is 14.4. The molecular weight excluding hydrogens is 296 g/mol. The number of carbonyl (C=O) groups excluding carboxylic acids is 1. The average molecular weight is 322 g/mol. The number of aromatic nitrogens is 1. The number of aryl methyl sites for hydroxylation is 1. The quantitative estimate of drug-likeness (QED) is 0.800. The number of carbonyl (C=O) groups is 1. The Morgan fingerprint density at radius 3 is 2.54 bits per heavy atom. The smallest absolute Gasteiger partial charge is 0.225 e. The highest BCUT2D eigenvalue weighted by molar-refractivity contribution is 5.79. The minimum atomic E-state index is 0.221. The van der Waals surface area contributed by atoms with E-state index in [0.717, 1.165) is 31.5 Å². The van der Waals surface area contributed by atoms with Crippen LogP contribution in [0.5, 0.6) is 0 Å². The molecule has 1 aliphatic carbocycles. The lowest BCUT2D eigenvalue weighted by molar-refractivity contribution is -0.136. The van der Waals surface area contributed by atoms with E-state index in [1.807, 2.05) is 29.3 Å².